The maximum absolute atomic E-state index is 11.3. The average molecular weight is 227 g/mol. The van der Waals surface area contributed by atoms with Gasteiger partial charge in [0.1, 0.15) is 0 Å². The molecule has 0 heterocycles. The zero-order valence-electron chi connectivity index (χ0n) is 10.8. The largest absolute Gasteiger partial charge is 0.349 e. The van der Waals surface area contributed by atoms with Gasteiger partial charge in [-0.2, -0.15) is 0 Å². The summed E-state index contributed by atoms with van der Waals surface area (Å²) in [4.78, 5) is 15.4. The van der Waals surface area contributed by atoms with Gasteiger partial charge in [-0.1, -0.05) is 6.92 Å². The Morgan fingerprint density at radius 3 is 2.50 bits per heavy atom. The highest BCUT2D eigenvalue weighted by atomic mass is 16.2. The maximum Gasteiger partial charge on any atom is 0.223 e. The van der Waals surface area contributed by atoms with Crippen molar-refractivity contribution in [1.82, 2.24) is 15.1 Å². The van der Waals surface area contributed by atoms with Crippen molar-refractivity contribution in [1.29, 1.82) is 0 Å². The number of carbonyl (C=O) groups excluding carboxylic acids is 1. The summed E-state index contributed by atoms with van der Waals surface area (Å²) in [7, 11) is 3.60. The third-order valence-corrected chi connectivity index (χ3v) is 3.06. The molecule has 0 radical (unpaired) electrons. The SMILES string of the molecule is CCN(CCNCCC(=O)N(C)C)C1CC1. The first-order valence-electron chi connectivity index (χ1n) is 6.30. The molecule has 0 aliphatic heterocycles. The van der Waals surface area contributed by atoms with E-state index in [1.54, 1.807) is 19.0 Å². The van der Waals surface area contributed by atoms with Gasteiger partial charge in [-0.25, -0.2) is 0 Å². The van der Waals surface area contributed by atoms with Gasteiger partial charge in [0.05, 0.1) is 0 Å². The van der Waals surface area contributed by atoms with Crippen LogP contribution in [0.2, 0.25) is 0 Å². The van der Waals surface area contributed by atoms with Crippen molar-refractivity contribution in [3.8, 4) is 0 Å². The Bertz CT molecular complexity index is 214. The normalized spacial score (nSPS) is 15.5. The summed E-state index contributed by atoms with van der Waals surface area (Å²) in [5, 5.41) is 3.33. The summed E-state index contributed by atoms with van der Waals surface area (Å²) in [6, 6.07) is 0.843. The van der Waals surface area contributed by atoms with Crippen molar-refractivity contribution in [3.05, 3.63) is 0 Å². The van der Waals surface area contributed by atoms with Gasteiger partial charge in [0.2, 0.25) is 5.91 Å². The lowest BCUT2D eigenvalue weighted by Gasteiger charge is -2.19. The molecule has 0 atom stereocenters. The van der Waals surface area contributed by atoms with E-state index in [0.29, 0.717) is 6.42 Å². The summed E-state index contributed by atoms with van der Waals surface area (Å²) in [6.07, 6.45) is 3.34. The molecule has 0 bridgehead atoms. The molecule has 4 heteroatoms. The molecule has 1 amide bonds. The molecule has 1 fully saturated rings. The van der Waals surface area contributed by atoms with Crippen LogP contribution in [0.5, 0.6) is 0 Å². The van der Waals surface area contributed by atoms with E-state index in [4.69, 9.17) is 0 Å². The van der Waals surface area contributed by atoms with Crippen LogP contribution < -0.4 is 5.32 Å². The summed E-state index contributed by atoms with van der Waals surface area (Å²) < 4.78 is 0. The summed E-state index contributed by atoms with van der Waals surface area (Å²) in [5.74, 6) is 0.196. The van der Waals surface area contributed by atoms with E-state index in [1.807, 2.05) is 0 Å². The van der Waals surface area contributed by atoms with Crippen molar-refractivity contribution < 1.29 is 4.79 Å². The Morgan fingerprint density at radius 1 is 1.31 bits per heavy atom. The second-order valence-electron chi connectivity index (χ2n) is 4.65. The second-order valence-corrected chi connectivity index (χ2v) is 4.65. The molecule has 0 saturated heterocycles. The molecule has 94 valence electrons. The number of likely N-dealkylation sites (N-methyl/N-ethyl adjacent to an activating group) is 1. The van der Waals surface area contributed by atoms with E-state index in [0.717, 1.165) is 32.2 Å². The van der Waals surface area contributed by atoms with Crippen molar-refractivity contribution in [3.63, 3.8) is 0 Å². The first kappa shape index (κ1) is 13.5. The first-order valence-corrected chi connectivity index (χ1v) is 6.30. The van der Waals surface area contributed by atoms with Crippen LogP contribution in [0.3, 0.4) is 0 Å². The van der Waals surface area contributed by atoms with E-state index in [9.17, 15) is 4.79 Å². The van der Waals surface area contributed by atoms with E-state index in [1.165, 1.54) is 12.8 Å². The maximum atomic E-state index is 11.3. The number of amides is 1. The lowest BCUT2D eigenvalue weighted by atomic mass is 10.3. The van der Waals surface area contributed by atoms with Gasteiger partial charge >= 0.3 is 0 Å². The molecule has 0 aromatic rings. The zero-order chi connectivity index (χ0) is 12.0. The van der Waals surface area contributed by atoms with Gasteiger partial charge in [-0.3, -0.25) is 9.69 Å². The number of nitrogens with zero attached hydrogens (tertiary/aromatic N) is 2. The lowest BCUT2D eigenvalue weighted by molar-refractivity contribution is -0.128. The fraction of sp³-hybridized carbons (Fsp3) is 0.917. The molecule has 0 unspecified atom stereocenters. The third kappa shape index (κ3) is 4.94. The molecule has 0 spiro atoms. The fourth-order valence-electron chi connectivity index (χ4n) is 1.81. The fourth-order valence-corrected chi connectivity index (χ4v) is 1.81. The van der Waals surface area contributed by atoms with Crippen LogP contribution >= 0.6 is 0 Å². The molecule has 1 aliphatic rings. The highest BCUT2D eigenvalue weighted by Crippen LogP contribution is 2.25. The minimum absolute atomic E-state index is 0.196. The Kier molecular flexibility index (Phi) is 5.77. The van der Waals surface area contributed by atoms with Crippen molar-refractivity contribution in [2.45, 2.75) is 32.2 Å². The van der Waals surface area contributed by atoms with Gasteiger partial charge < -0.3 is 10.2 Å². The molecule has 0 aromatic heterocycles. The smallest absolute Gasteiger partial charge is 0.223 e. The summed E-state index contributed by atoms with van der Waals surface area (Å²) in [5.41, 5.74) is 0. The topological polar surface area (TPSA) is 35.6 Å². The third-order valence-electron chi connectivity index (χ3n) is 3.06. The first-order chi connectivity index (χ1) is 7.65. The molecular formula is C12H25N3O. The average Bonchev–Trinajstić information content (AvgIpc) is 3.06. The van der Waals surface area contributed by atoms with Gasteiger partial charge in [0.15, 0.2) is 0 Å². The predicted octanol–water partition coefficient (Wildman–Crippen LogP) is 0.539. The number of hydrogen-bond acceptors (Lipinski definition) is 3. The van der Waals surface area contributed by atoms with Crippen LogP contribution in [0.25, 0.3) is 0 Å². The van der Waals surface area contributed by atoms with Crippen LogP contribution in [0.15, 0.2) is 0 Å². The molecule has 1 N–H and O–H groups in total. The zero-order valence-corrected chi connectivity index (χ0v) is 10.8. The lowest BCUT2D eigenvalue weighted by Crippen LogP contribution is -2.35. The number of rotatable bonds is 8. The minimum Gasteiger partial charge on any atom is -0.349 e. The van der Waals surface area contributed by atoms with Crippen molar-refractivity contribution >= 4 is 5.91 Å². The van der Waals surface area contributed by atoms with E-state index < -0.39 is 0 Å². The van der Waals surface area contributed by atoms with Crippen molar-refractivity contribution in [2.24, 2.45) is 0 Å². The highest BCUT2D eigenvalue weighted by Gasteiger charge is 2.26. The van der Waals surface area contributed by atoms with Crippen LogP contribution in [-0.4, -0.2) is 62.0 Å². The minimum atomic E-state index is 0.196. The van der Waals surface area contributed by atoms with E-state index >= 15 is 0 Å². The van der Waals surface area contributed by atoms with Gasteiger partial charge in [0.25, 0.3) is 0 Å². The van der Waals surface area contributed by atoms with Crippen LogP contribution in [0.4, 0.5) is 0 Å². The molecular weight excluding hydrogens is 202 g/mol. The quantitative estimate of drug-likeness (QED) is 0.615. The Labute approximate surface area is 99.0 Å². The standard InChI is InChI=1S/C12H25N3O/c1-4-15(11-5-6-11)10-9-13-8-7-12(16)14(2)3/h11,13H,4-10H2,1-3H3. The summed E-state index contributed by atoms with van der Waals surface area (Å²) >= 11 is 0. The Morgan fingerprint density at radius 2 is 2.00 bits per heavy atom. The Balaban J connectivity index is 1.96. The monoisotopic (exact) mass is 227 g/mol. The van der Waals surface area contributed by atoms with Crippen LogP contribution in [0.1, 0.15) is 26.2 Å². The van der Waals surface area contributed by atoms with Gasteiger partial charge in [-0.15, -0.1) is 0 Å². The summed E-state index contributed by atoms with van der Waals surface area (Å²) in [6.45, 7) is 6.25. The highest BCUT2D eigenvalue weighted by molar-refractivity contribution is 5.75. The van der Waals surface area contributed by atoms with Gasteiger partial charge in [0, 0.05) is 46.2 Å². The number of hydrogen-bond donors (Lipinski definition) is 1. The van der Waals surface area contributed by atoms with Crippen LogP contribution in [-0.2, 0) is 4.79 Å². The van der Waals surface area contributed by atoms with Crippen molar-refractivity contribution in [2.75, 3.05) is 40.3 Å². The number of carbonyl (C=O) groups is 1. The van der Waals surface area contributed by atoms with E-state index in [-0.39, 0.29) is 5.91 Å². The van der Waals surface area contributed by atoms with Gasteiger partial charge in [-0.05, 0) is 19.4 Å². The molecule has 1 aliphatic carbocycles. The second kappa shape index (κ2) is 6.86. The van der Waals surface area contributed by atoms with E-state index in [2.05, 4.69) is 17.1 Å². The molecule has 4 nitrogen and oxygen atoms in total. The molecule has 16 heavy (non-hydrogen) atoms. The van der Waals surface area contributed by atoms with Crippen LogP contribution in [0, 0.1) is 0 Å². The predicted molar refractivity (Wildman–Crippen MR) is 66.4 cm³/mol. The molecule has 1 saturated carbocycles. The number of nitrogens with one attached hydrogen (secondary N) is 1. The molecule has 0 aromatic carbocycles. The molecule has 1 rings (SSSR count). The Hall–Kier alpha value is -0.610.